The highest BCUT2D eigenvalue weighted by Crippen LogP contribution is 2.26. The van der Waals surface area contributed by atoms with Crippen LogP contribution in [0.25, 0.3) is 0 Å². The maximum absolute atomic E-state index is 8.85. The van der Waals surface area contributed by atoms with Crippen LogP contribution in [0.4, 0.5) is 0 Å². The summed E-state index contributed by atoms with van der Waals surface area (Å²) in [5, 5.41) is 12.3. The van der Waals surface area contributed by atoms with Gasteiger partial charge in [0.15, 0.2) is 0 Å². The molecule has 2 nitrogen and oxygen atoms in total. The fourth-order valence-electron chi connectivity index (χ4n) is 1.66. The highest BCUT2D eigenvalue weighted by Gasteiger charge is 2.10. The van der Waals surface area contributed by atoms with Crippen LogP contribution in [0.15, 0.2) is 27.1 Å². The number of hydrogen-bond acceptors (Lipinski definition) is 2. The van der Waals surface area contributed by atoms with E-state index in [1.54, 1.807) is 0 Å². The summed E-state index contributed by atoms with van der Waals surface area (Å²) in [5.41, 5.74) is 1.25. The average molecular weight is 365 g/mol. The van der Waals surface area contributed by atoms with Gasteiger partial charge in [-0.15, -0.1) is 0 Å². The van der Waals surface area contributed by atoms with Crippen LogP contribution in [0, 0.1) is 5.92 Å². The standard InChI is InChI=1S/C13H19Br2NO/c1-9(5-6-17)8-16-10(2)12-4-3-11(14)7-13(12)15/h3-4,7,9-10,16-17H,5-6,8H2,1-2H3. The molecule has 1 aromatic rings. The number of rotatable bonds is 6. The Hall–Kier alpha value is 0.1000. The molecular formula is C13H19Br2NO. The van der Waals surface area contributed by atoms with Crippen molar-refractivity contribution in [3.05, 3.63) is 32.7 Å². The van der Waals surface area contributed by atoms with Crippen LogP contribution in [0.1, 0.15) is 31.9 Å². The molecule has 0 bridgehead atoms. The molecule has 17 heavy (non-hydrogen) atoms. The van der Waals surface area contributed by atoms with Gasteiger partial charge in [-0.2, -0.15) is 0 Å². The van der Waals surface area contributed by atoms with Crippen molar-refractivity contribution in [2.75, 3.05) is 13.2 Å². The Balaban J connectivity index is 2.54. The molecule has 0 aliphatic carbocycles. The number of aliphatic hydroxyl groups excluding tert-OH is 1. The number of benzene rings is 1. The average Bonchev–Trinajstić information content (AvgIpc) is 2.26. The van der Waals surface area contributed by atoms with E-state index in [-0.39, 0.29) is 6.61 Å². The first-order valence-electron chi connectivity index (χ1n) is 5.83. The van der Waals surface area contributed by atoms with Gasteiger partial charge in [-0.1, -0.05) is 44.8 Å². The third-order valence-electron chi connectivity index (χ3n) is 2.82. The quantitative estimate of drug-likeness (QED) is 0.802. The summed E-state index contributed by atoms with van der Waals surface area (Å²) >= 11 is 7.03. The number of halogens is 2. The molecule has 2 unspecified atom stereocenters. The molecule has 0 saturated carbocycles. The Morgan fingerprint density at radius 3 is 2.59 bits per heavy atom. The molecular weight excluding hydrogens is 346 g/mol. The van der Waals surface area contributed by atoms with Gasteiger partial charge in [0.1, 0.15) is 0 Å². The van der Waals surface area contributed by atoms with Gasteiger partial charge >= 0.3 is 0 Å². The second kappa shape index (κ2) is 7.52. The van der Waals surface area contributed by atoms with E-state index < -0.39 is 0 Å². The van der Waals surface area contributed by atoms with Gasteiger partial charge in [0.2, 0.25) is 0 Å². The maximum atomic E-state index is 8.85. The molecule has 0 aliphatic rings. The Labute approximate surface area is 120 Å². The second-order valence-corrected chi connectivity index (χ2v) is 6.18. The molecule has 4 heteroatoms. The van der Waals surface area contributed by atoms with Crippen molar-refractivity contribution < 1.29 is 5.11 Å². The largest absolute Gasteiger partial charge is 0.396 e. The fraction of sp³-hybridized carbons (Fsp3) is 0.538. The van der Waals surface area contributed by atoms with E-state index in [1.165, 1.54) is 5.56 Å². The van der Waals surface area contributed by atoms with E-state index in [0.29, 0.717) is 12.0 Å². The zero-order valence-corrected chi connectivity index (χ0v) is 13.4. The lowest BCUT2D eigenvalue weighted by atomic mass is 10.1. The maximum Gasteiger partial charge on any atom is 0.0434 e. The van der Waals surface area contributed by atoms with Gasteiger partial charge in [0, 0.05) is 21.6 Å². The van der Waals surface area contributed by atoms with Crippen LogP contribution in [-0.4, -0.2) is 18.3 Å². The van der Waals surface area contributed by atoms with E-state index >= 15 is 0 Å². The van der Waals surface area contributed by atoms with Crippen LogP contribution in [-0.2, 0) is 0 Å². The highest BCUT2D eigenvalue weighted by atomic mass is 79.9. The Morgan fingerprint density at radius 2 is 2.00 bits per heavy atom. The molecule has 1 rings (SSSR count). The lowest BCUT2D eigenvalue weighted by Gasteiger charge is -2.19. The first kappa shape index (κ1) is 15.2. The third kappa shape index (κ3) is 5.08. The molecule has 0 aromatic heterocycles. The van der Waals surface area contributed by atoms with Crippen LogP contribution >= 0.6 is 31.9 Å². The summed E-state index contributed by atoms with van der Waals surface area (Å²) in [6, 6.07) is 6.53. The summed E-state index contributed by atoms with van der Waals surface area (Å²) in [7, 11) is 0. The number of aliphatic hydroxyl groups is 1. The summed E-state index contributed by atoms with van der Waals surface area (Å²) < 4.78 is 2.19. The fourth-order valence-corrected chi connectivity index (χ4v) is 3.05. The predicted molar refractivity (Wildman–Crippen MR) is 79.1 cm³/mol. The first-order chi connectivity index (χ1) is 8.04. The molecule has 0 heterocycles. The van der Waals surface area contributed by atoms with Crippen molar-refractivity contribution in [2.24, 2.45) is 5.92 Å². The molecule has 0 saturated heterocycles. The van der Waals surface area contributed by atoms with Crippen molar-refractivity contribution in [1.82, 2.24) is 5.32 Å². The van der Waals surface area contributed by atoms with Crippen molar-refractivity contribution in [1.29, 1.82) is 0 Å². The van der Waals surface area contributed by atoms with Gasteiger partial charge in [-0.3, -0.25) is 0 Å². The van der Waals surface area contributed by atoms with Gasteiger partial charge in [0.25, 0.3) is 0 Å². The smallest absolute Gasteiger partial charge is 0.0434 e. The minimum Gasteiger partial charge on any atom is -0.396 e. The molecule has 0 spiro atoms. The molecule has 96 valence electrons. The van der Waals surface area contributed by atoms with E-state index in [0.717, 1.165) is 21.9 Å². The summed E-state index contributed by atoms with van der Waals surface area (Å²) in [5.74, 6) is 0.497. The Bertz CT molecular complexity index is 357. The van der Waals surface area contributed by atoms with Crippen molar-refractivity contribution in [3.8, 4) is 0 Å². The Morgan fingerprint density at radius 1 is 1.29 bits per heavy atom. The van der Waals surface area contributed by atoms with Crippen LogP contribution in [0.2, 0.25) is 0 Å². The minimum absolute atomic E-state index is 0.263. The third-order valence-corrected chi connectivity index (χ3v) is 4.00. The summed E-state index contributed by atoms with van der Waals surface area (Å²) in [6.45, 7) is 5.48. The predicted octanol–water partition coefficient (Wildman–Crippen LogP) is 3.88. The molecule has 0 aliphatic heterocycles. The SMILES string of the molecule is CC(CCO)CNC(C)c1ccc(Br)cc1Br. The van der Waals surface area contributed by atoms with E-state index in [9.17, 15) is 0 Å². The van der Waals surface area contributed by atoms with Gasteiger partial charge in [0.05, 0.1) is 0 Å². The first-order valence-corrected chi connectivity index (χ1v) is 7.42. The normalized spacial score (nSPS) is 14.6. The van der Waals surface area contributed by atoms with Crippen LogP contribution in [0.5, 0.6) is 0 Å². The number of hydrogen-bond donors (Lipinski definition) is 2. The van der Waals surface area contributed by atoms with Crippen LogP contribution in [0.3, 0.4) is 0 Å². The lowest BCUT2D eigenvalue weighted by molar-refractivity contribution is 0.258. The monoisotopic (exact) mass is 363 g/mol. The highest BCUT2D eigenvalue weighted by molar-refractivity contribution is 9.11. The molecule has 0 amide bonds. The number of nitrogens with one attached hydrogen (secondary N) is 1. The van der Waals surface area contributed by atoms with Crippen LogP contribution < -0.4 is 5.32 Å². The van der Waals surface area contributed by atoms with E-state index in [2.05, 4.69) is 69.2 Å². The van der Waals surface area contributed by atoms with Crippen molar-refractivity contribution >= 4 is 31.9 Å². The van der Waals surface area contributed by atoms with Crippen molar-refractivity contribution in [2.45, 2.75) is 26.3 Å². The Kier molecular flexibility index (Phi) is 6.70. The van der Waals surface area contributed by atoms with E-state index in [1.807, 2.05) is 0 Å². The lowest BCUT2D eigenvalue weighted by Crippen LogP contribution is -2.25. The minimum atomic E-state index is 0.263. The topological polar surface area (TPSA) is 32.3 Å². The van der Waals surface area contributed by atoms with Gasteiger partial charge in [-0.25, -0.2) is 0 Å². The van der Waals surface area contributed by atoms with Gasteiger partial charge < -0.3 is 10.4 Å². The molecule has 0 fully saturated rings. The van der Waals surface area contributed by atoms with Crippen molar-refractivity contribution in [3.63, 3.8) is 0 Å². The molecule has 1 aromatic carbocycles. The summed E-state index contributed by atoms with van der Waals surface area (Å²) in [6.07, 6.45) is 0.848. The second-order valence-electron chi connectivity index (χ2n) is 4.41. The zero-order chi connectivity index (χ0) is 12.8. The zero-order valence-electron chi connectivity index (χ0n) is 10.2. The summed E-state index contributed by atoms with van der Waals surface area (Å²) in [4.78, 5) is 0. The molecule has 2 atom stereocenters. The molecule has 2 N–H and O–H groups in total. The molecule has 0 radical (unpaired) electrons. The van der Waals surface area contributed by atoms with Gasteiger partial charge in [-0.05, 0) is 43.5 Å². The van der Waals surface area contributed by atoms with E-state index in [4.69, 9.17) is 5.11 Å².